The van der Waals surface area contributed by atoms with Gasteiger partial charge in [0.2, 0.25) is 0 Å². The number of ether oxygens (including phenoxy) is 2. The third kappa shape index (κ3) is 46.5. The van der Waals surface area contributed by atoms with Crippen molar-refractivity contribution < 1.29 is 37.3 Å². The summed E-state index contributed by atoms with van der Waals surface area (Å²) in [5, 5.41) is 0. The number of esters is 1. The van der Waals surface area contributed by atoms with Gasteiger partial charge in [-0.25, -0.2) is 4.57 Å². The van der Waals surface area contributed by atoms with Gasteiger partial charge in [-0.15, -0.1) is 0 Å². The Hall–Kier alpha value is -2.58. The number of carbonyl (C=O) groups excluding carboxylic acids is 1. The number of unbranched alkanes of at least 4 members (excludes halogenated alkanes) is 12. The van der Waals surface area contributed by atoms with Crippen molar-refractivity contribution in [2.75, 3.05) is 54.1 Å². The molecule has 0 aliphatic carbocycles. The zero-order valence-corrected chi connectivity index (χ0v) is 39.8. The molecule has 0 aromatic carbocycles. The van der Waals surface area contributed by atoms with Crippen LogP contribution in [0.5, 0.6) is 0 Å². The summed E-state index contributed by atoms with van der Waals surface area (Å²) in [6, 6.07) is 0. The standard InChI is InChI=1S/C51H88NO7P/c1-6-8-10-12-14-16-18-20-22-24-25-26-27-28-30-32-34-36-38-40-42-44-51(53)59-50(49-58-60(54,55)57-47-45-52(3,4)5)48-56-46-43-41-39-37-35-33-31-29-23-21-19-17-15-13-11-9-7-2/h8,10,14,16-17,19-20,22-23,25-26,28-30,34,36,50H,6-7,9,11-13,15,18,21,24,27,31-33,35,37-49H2,1-5H3/p+1/b10-8-,16-14-,19-17-,22-20-,26-25-,29-23-,30-28-,36-34-. The minimum absolute atomic E-state index is 0.0720. The zero-order chi connectivity index (χ0) is 44.1. The molecule has 1 N–H and O–H groups in total. The van der Waals surface area contributed by atoms with Gasteiger partial charge in [0.25, 0.3) is 0 Å². The maximum absolute atomic E-state index is 12.7. The number of quaternary nitrogens is 1. The van der Waals surface area contributed by atoms with Crippen LogP contribution in [0.1, 0.15) is 162 Å². The Balaban J connectivity index is 4.35. The van der Waals surface area contributed by atoms with Gasteiger partial charge in [0.1, 0.15) is 19.3 Å². The lowest BCUT2D eigenvalue weighted by molar-refractivity contribution is -0.870. The van der Waals surface area contributed by atoms with E-state index in [0.29, 0.717) is 24.1 Å². The molecule has 0 aliphatic rings. The van der Waals surface area contributed by atoms with Crippen molar-refractivity contribution in [2.24, 2.45) is 0 Å². The van der Waals surface area contributed by atoms with Crippen LogP contribution in [0.2, 0.25) is 0 Å². The van der Waals surface area contributed by atoms with Gasteiger partial charge in [-0.05, 0) is 96.3 Å². The van der Waals surface area contributed by atoms with E-state index in [0.717, 1.165) is 83.5 Å². The summed E-state index contributed by atoms with van der Waals surface area (Å²) >= 11 is 0. The van der Waals surface area contributed by atoms with Crippen molar-refractivity contribution in [1.82, 2.24) is 0 Å². The molecule has 0 aliphatic heterocycles. The van der Waals surface area contributed by atoms with Crippen LogP contribution in [0.3, 0.4) is 0 Å². The van der Waals surface area contributed by atoms with Crippen LogP contribution in [0.25, 0.3) is 0 Å². The smallest absolute Gasteiger partial charge is 0.457 e. The molecule has 8 nitrogen and oxygen atoms in total. The second kappa shape index (κ2) is 43.1. The van der Waals surface area contributed by atoms with Crippen LogP contribution in [0, 0.1) is 0 Å². The lowest BCUT2D eigenvalue weighted by Gasteiger charge is -2.24. The van der Waals surface area contributed by atoms with Gasteiger partial charge in [-0.3, -0.25) is 13.8 Å². The van der Waals surface area contributed by atoms with E-state index in [1.54, 1.807) is 0 Å². The number of phosphoric acid groups is 1. The van der Waals surface area contributed by atoms with Gasteiger partial charge in [0.15, 0.2) is 0 Å². The molecule has 0 aromatic heterocycles. The summed E-state index contributed by atoms with van der Waals surface area (Å²) < 4.78 is 35.0. The first-order valence-electron chi connectivity index (χ1n) is 23.5. The quantitative estimate of drug-likeness (QED) is 0.0215. The predicted octanol–water partition coefficient (Wildman–Crippen LogP) is 14.2. The molecule has 0 rings (SSSR count). The highest BCUT2D eigenvalue weighted by atomic mass is 31.2. The zero-order valence-electron chi connectivity index (χ0n) is 38.9. The topological polar surface area (TPSA) is 91.3 Å². The average Bonchev–Trinajstić information content (AvgIpc) is 3.20. The number of likely N-dealkylation sites (N-methyl/N-ethyl adjacent to an activating group) is 1. The number of carbonyl (C=O) groups is 1. The normalized spacial score (nSPS) is 14.6. The molecule has 0 aromatic rings. The molecule has 0 bridgehead atoms. The largest absolute Gasteiger partial charge is 0.472 e. The second-order valence-corrected chi connectivity index (χ2v) is 17.9. The fraction of sp³-hybridized carbons (Fsp3) is 0.667. The van der Waals surface area contributed by atoms with Crippen LogP contribution in [0.15, 0.2) is 97.2 Å². The molecule has 2 unspecified atom stereocenters. The van der Waals surface area contributed by atoms with Crippen LogP contribution in [-0.4, -0.2) is 75.6 Å². The molecule has 0 amide bonds. The molecule has 0 spiro atoms. The van der Waals surface area contributed by atoms with Crippen molar-refractivity contribution in [2.45, 2.75) is 168 Å². The van der Waals surface area contributed by atoms with E-state index in [4.69, 9.17) is 18.5 Å². The molecule has 0 heterocycles. The summed E-state index contributed by atoms with van der Waals surface area (Å²) in [7, 11) is 1.61. The minimum Gasteiger partial charge on any atom is -0.457 e. The Labute approximate surface area is 368 Å². The Bertz CT molecular complexity index is 1270. The Morgan fingerprint density at radius 2 is 0.967 bits per heavy atom. The van der Waals surface area contributed by atoms with Gasteiger partial charge in [-0.1, -0.05) is 156 Å². The molecule has 0 saturated heterocycles. The first-order valence-corrected chi connectivity index (χ1v) is 25.0. The summed E-state index contributed by atoms with van der Waals surface area (Å²) in [6.07, 6.45) is 58.8. The maximum Gasteiger partial charge on any atom is 0.472 e. The number of nitrogens with zero attached hydrogens (tertiary/aromatic N) is 1. The van der Waals surface area contributed by atoms with Crippen LogP contribution < -0.4 is 0 Å². The molecular formula is C51H89NO7P+. The second-order valence-electron chi connectivity index (χ2n) is 16.4. The monoisotopic (exact) mass is 859 g/mol. The number of hydrogen-bond acceptors (Lipinski definition) is 6. The predicted molar refractivity (Wildman–Crippen MR) is 256 cm³/mol. The molecule has 344 valence electrons. The Kier molecular flexibility index (Phi) is 41.2. The molecule has 9 heteroatoms. The van der Waals surface area contributed by atoms with Crippen LogP contribution in [-0.2, 0) is 27.9 Å². The number of rotatable bonds is 42. The number of phosphoric ester groups is 1. The third-order valence-corrected chi connectivity index (χ3v) is 10.4. The van der Waals surface area contributed by atoms with Crippen molar-refractivity contribution in [1.29, 1.82) is 0 Å². The lowest BCUT2D eigenvalue weighted by Crippen LogP contribution is -2.37. The highest BCUT2D eigenvalue weighted by Crippen LogP contribution is 2.43. The first-order chi connectivity index (χ1) is 29.1. The van der Waals surface area contributed by atoms with E-state index in [1.165, 1.54) is 51.4 Å². The highest BCUT2D eigenvalue weighted by molar-refractivity contribution is 7.47. The summed E-state index contributed by atoms with van der Waals surface area (Å²) in [6.45, 7) is 5.38. The number of hydrogen-bond donors (Lipinski definition) is 1. The van der Waals surface area contributed by atoms with Crippen molar-refractivity contribution >= 4 is 13.8 Å². The van der Waals surface area contributed by atoms with E-state index in [-0.39, 0.29) is 32.2 Å². The lowest BCUT2D eigenvalue weighted by atomic mass is 10.1. The van der Waals surface area contributed by atoms with Crippen molar-refractivity contribution in [3.05, 3.63) is 97.2 Å². The minimum atomic E-state index is -4.30. The van der Waals surface area contributed by atoms with E-state index < -0.39 is 13.9 Å². The van der Waals surface area contributed by atoms with Crippen molar-refractivity contribution in [3.63, 3.8) is 0 Å². The van der Waals surface area contributed by atoms with E-state index in [1.807, 2.05) is 21.1 Å². The van der Waals surface area contributed by atoms with Crippen LogP contribution in [0.4, 0.5) is 0 Å². The fourth-order valence-electron chi connectivity index (χ4n) is 5.76. The molecule has 2 atom stereocenters. The first kappa shape index (κ1) is 57.4. The van der Waals surface area contributed by atoms with E-state index >= 15 is 0 Å². The molecule has 0 fully saturated rings. The summed E-state index contributed by atoms with van der Waals surface area (Å²) in [4.78, 5) is 22.9. The van der Waals surface area contributed by atoms with Crippen molar-refractivity contribution in [3.8, 4) is 0 Å². The van der Waals surface area contributed by atoms with Gasteiger partial charge in [0.05, 0.1) is 34.4 Å². The summed E-state index contributed by atoms with van der Waals surface area (Å²) in [5.41, 5.74) is 0. The Morgan fingerprint density at radius 1 is 0.533 bits per heavy atom. The van der Waals surface area contributed by atoms with E-state index in [9.17, 15) is 14.3 Å². The summed E-state index contributed by atoms with van der Waals surface area (Å²) in [5.74, 6) is -0.363. The molecular weight excluding hydrogens is 770 g/mol. The average molecular weight is 859 g/mol. The maximum atomic E-state index is 12.7. The van der Waals surface area contributed by atoms with Gasteiger partial charge >= 0.3 is 13.8 Å². The highest BCUT2D eigenvalue weighted by Gasteiger charge is 2.26. The van der Waals surface area contributed by atoms with Gasteiger partial charge in [0, 0.05) is 13.0 Å². The third-order valence-electron chi connectivity index (χ3n) is 9.38. The van der Waals surface area contributed by atoms with Gasteiger partial charge in [-0.2, -0.15) is 0 Å². The SMILES string of the molecule is CC/C=C\C/C=C\C/C=C\C/C=C\C/C=C\C/C=C\CCCCC(=O)OC(COCCCCCCCC/C=C\C/C=C\CCCCCC)COP(=O)(O)OCC[N+](C)(C)C. The van der Waals surface area contributed by atoms with Gasteiger partial charge < -0.3 is 18.9 Å². The Morgan fingerprint density at radius 3 is 1.45 bits per heavy atom. The fourth-order valence-corrected chi connectivity index (χ4v) is 6.50. The van der Waals surface area contributed by atoms with Crippen LogP contribution >= 0.6 is 7.82 Å². The van der Waals surface area contributed by atoms with E-state index in [2.05, 4.69) is 111 Å². The molecule has 0 saturated carbocycles. The molecule has 60 heavy (non-hydrogen) atoms. The number of allylic oxidation sites excluding steroid dienone is 16. The molecule has 0 radical (unpaired) electrons.